The van der Waals surface area contributed by atoms with Gasteiger partial charge in [-0.3, -0.25) is 0 Å². The van der Waals surface area contributed by atoms with Gasteiger partial charge in [-0.25, -0.2) is 0 Å². The van der Waals surface area contributed by atoms with Crippen LogP contribution in [0, 0.1) is 32.2 Å². The van der Waals surface area contributed by atoms with Gasteiger partial charge in [-0.1, -0.05) is 5.92 Å². The third-order valence-corrected chi connectivity index (χ3v) is 3.40. The first kappa shape index (κ1) is 8.57. The number of hydrogen-bond acceptors (Lipinski definition) is 1. The van der Waals surface area contributed by atoms with Crippen molar-refractivity contribution in [2.45, 2.75) is 20.8 Å². The number of rotatable bonds is 0. The molecule has 0 bridgehead atoms. The maximum atomic E-state index is 3.17. The molecular formula is C9H12SSi. The number of hydrogen-bond donors (Lipinski definition) is 0. The van der Waals surface area contributed by atoms with E-state index in [1.807, 2.05) is 11.3 Å². The first-order valence-electron chi connectivity index (χ1n) is 3.66. The lowest BCUT2D eigenvalue weighted by molar-refractivity contribution is 1.34. The second-order valence-electron chi connectivity index (χ2n) is 2.61. The third-order valence-electron chi connectivity index (χ3n) is 1.92. The highest BCUT2D eigenvalue weighted by atomic mass is 32.1. The molecule has 11 heavy (non-hydrogen) atoms. The van der Waals surface area contributed by atoms with E-state index in [4.69, 9.17) is 0 Å². The first-order valence-corrected chi connectivity index (χ1v) is 5.47. The van der Waals surface area contributed by atoms with Crippen LogP contribution in [-0.4, -0.2) is 10.2 Å². The van der Waals surface area contributed by atoms with Gasteiger partial charge in [0.1, 0.15) is 0 Å². The molecule has 0 amide bonds. The molecular weight excluding hydrogens is 168 g/mol. The molecule has 0 atom stereocenters. The molecule has 0 aromatic carbocycles. The van der Waals surface area contributed by atoms with Gasteiger partial charge >= 0.3 is 0 Å². The predicted octanol–water partition coefficient (Wildman–Crippen LogP) is 1.35. The van der Waals surface area contributed by atoms with Crippen molar-refractivity contribution < 1.29 is 0 Å². The van der Waals surface area contributed by atoms with E-state index in [2.05, 4.69) is 32.2 Å². The lowest BCUT2D eigenvalue weighted by atomic mass is 10.1. The summed E-state index contributed by atoms with van der Waals surface area (Å²) in [6, 6.07) is 0. The van der Waals surface area contributed by atoms with E-state index < -0.39 is 0 Å². The Kier molecular flexibility index (Phi) is 2.53. The molecule has 1 aromatic heterocycles. The summed E-state index contributed by atoms with van der Waals surface area (Å²) in [7, 11) is 0.974. The number of thiophene rings is 1. The van der Waals surface area contributed by atoms with Crippen LogP contribution in [0.25, 0.3) is 0 Å². The summed E-state index contributed by atoms with van der Waals surface area (Å²) in [5, 5.41) is 0. The van der Waals surface area contributed by atoms with Gasteiger partial charge in [0, 0.05) is 4.88 Å². The van der Waals surface area contributed by atoms with Crippen molar-refractivity contribution in [3.8, 4) is 11.5 Å². The molecule has 0 radical (unpaired) electrons. The summed E-state index contributed by atoms with van der Waals surface area (Å²) < 4.78 is 0. The van der Waals surface area contributed by atoms with Crippen LogP contribution in [0.3, 0.4) is 0 Å². The van der Waals surface area contributed by atoms with Gasteiger partial charge < -0.3 is 0 Å². The lowest BCUT2D eigenvalue weighted by Gasteiger charge is -1.88. The fourth-order valence-electron chi connectivity index (χ4n) is 0.973. The summed E-state index contributed by atoms with van der Waals surface area (Å²) in [5.41, 5.74) is 5.85. The van der Waals surface area contributed by atoms with Crippen LogP contribution in [0.2, 0.25) is 0 Å². The van der Waals surface area contributed by atoms with Crippen LogP contribution in [-0.2, 0) is 0 Å². The summed E-state index contributed by atoms with van der Waals surface area (Å²) >= 11 is 1.81. The Morgan fingerprint density at radius 1 is 1.18 bits per heavy atom. The maximum absolute atomic E-state index is 3.17. The fourth-order valence-corrected chi connectivity index (χ4v) is 2.48. The highest BCUT2D eigenvalue weighted by molar-refractivity contribution is 7.12. The summed E-state index contributed by atoms with van der Waals surface area (Å²) in [6.45, 7) is 6.48. The second kappa shape index (κ2) is 3.25. The fraction of sp³-hybridized carbons (Fsp3) is 0.333. The SMILES string of the molecule is Cc1sc(C#C[SiH3])c(C)c1C. The predicted molar refractivity (Wildman–Crippen MR) is 55.3 cm³/mol. The standard InChI is InChI=1S/C9H12SSi/c1-6-7(2)9(4-5-11)10-8(6)3/h1-3,11H3. The molecule has 0 aliphatic rings. The van der Waals surface area contributed by atoms with E-state index in [0.29, 0.717) is 0 Å². The van der Waals surface area contributed by atoms with Crippen molar-refractivity contribution in [1.82, 2.24) is 0 Å². The van der Waals surface area contributed by atoms with Crippen LogP contribution in [0.4, 0.5) is 0 Å². The van der Waals surface area contributed by atoms with E-state index in [-0.39, 0.29) is 0 Å². The lowest BCUT2D eigenvalue weighted by Crippen LogP contribution is -1.75. The minimum Gasteiger partial charge on any atom is -0.138 e. The first-order chi connectivity index (χ1) is 5.16. The smallest absolute Gasteiger partial charge is 0.0911 e. The largest absolute Gasteiger partial charge is 0.138 e. The zero-order valence-electron chi connectivity index (χ0n) is 7.41. The molecule has 58 valence electrons. The Labute approximate surface area is 75.1 Å². The van der Waals surface area contributed by atoms with Crippen LogP contribution in [0.1, 0.15) is 20.9 Å². The van der Waals surface area contributed by atoms with Crippen LogP contribution >= 0.6 is 11.3 Å². The van der Waals surface area contributed by atoms with Gasteiger partial charge in [-0.15, -0.1) is 16.9 Å². The Bertz CT molecular complexity index is 325. The van der Waals surface area contributed by atoms with Gasteiger partial charge in [0.25, 0.3) is 0 Å². The van der Waals surface area contributed by atoms with Crippen LogP contribution in [0.5, 0.6) is 0 Å². The Morgan fingerprint density at radius 2 is 1.82 bits per heavy atom. The van der Waals surface area contributed by atoms with Gasteiger partial charge in [-0.2, -0.15) is 0 Å². The summed E-state index contributed by atoms with van der Waals surface area (Å²) in [6.07, 6.45) is 0. The normalized spacial score (nSPS) is 9.36. The molecule has 0 saturated heterocycles. The van der Waals surface area contributed by atoms with Crippen LogP contribution in [0.15, 0.2) is 0 Å². The monoisotopic (exact) mass is 180 g/mol. The van der Waals surface area contributed by atoms with Crippen molar-refractivity contribution >= 4 is 21.6 Å². The van der Waals surface area contributed by atoms with Gasteiger partial charge in [-0.05, 0) is 31.9 Å². The Balaban J connectivity index is 3.26. The third kappa shape index (κ3) is 1.55. The molecule has 0 saturated carbocycles. The molecule has 0 spiro atoms. The molecule has 0 N–H and O–H groups in total. The molecule has 0 unspecified atom stereocenters. The molecule has 1 heterocycles. The molecule has 2 heteroatoms. The van der Waals surface area contributed by atoms with E-state index in [0.717, 1.165) is 10.2 Å². The molecule has 1 rings (SSSR count). The summed E-state index contributed by atoms with van der Waals surface area (Å²) in [4.78, 5) is 2.66. The minimum atomic E-state index is 0.974. The molecule has 0 nitrogen and oxygen atoms in total. The molecule has 0 aliphatic carbocycles. The van der Waals surface area contributed by atoms with Crippen molar-refractivity contribution in [2.24, 2.45) is 0 Å². The van der Waals surface area contributed by atoms with E-state index >= 15 is 0 Å². The van der Waals surface area contributed by atoms with Gasteiger partial charge in [0.2, 0.25) is 0 Å². The molecule has 1 aromatic rings. The minimum absolute atomic E-state index is 0.974. The zero-order valence-corrected chi connectivity index (χ0v) is 10.2. The topological polar surface area (TPSA) is 0 Å². The van der Waals surface area contributed by atoms with Crippen LogP contribution < -0.4 is 0 Å². The summed E-state index contributed by atoms with van der Waals surface area (Å²) in [5.74, 6) is 3.17. The zero-order chi connectivity index (χ0) is 8.43. The molecule has 0 fully saturated rings. The average Bonchev–Trinajstić information content (AvgIpc) is 2.19. The number of aryl methyl sites for hydroxylation is 1. The van der Waals surface area contributed by atoms with Crippen molar-refractivity contribution in [3.05, 3.63) is 20.9 Å². The Hall–Kier alpha value is -0.523. The van der Waals surface area contributed by atoms with E-state index in [1.165, 1.54) is 20.9 Å². The van der Waals surface area contributed by atoms with Gasteiger partial charge in [0.05, 0.1) is 15.1 Å². The Morgan fingerprint density at radius 3 is 2.18 bits per heavy atom. The van der Waals surface area contributed by atoms with Crippen molar-refractivity contribution in [2.75, 3.05) is 0 Å². The quantitative estimate of drug-likeness (QED) is 0.418. The van der Waals surface area contributed by atoms with E-state index in [1.54, 1.807) is 0 Å². The highest BCUT2D eigenvalue weighted by Crippen LogP contribution is 2.25. The highest BCUT2D eigenvalue weighted by Gasteiger charge is 2.04. The van der Waals surface area contributed by atoms with Crippen molar-refractivity contribution in [3.63, 3.8) is 0 Å². The van der Waals surface area contributed by atoms with E-state index in [9.17, 15) is 0 Å². The maximum Gasteiger partial charge on any atom is 0.0911 e. The average molecular weight is 180 g/mol. The second-order valence-corrected chi connectivity index (χ2v) is 4.34. The van der Waals surface area contributed by atoms with Crippen molar-refractivity contribution in [1.29, 1.82) is 0 Å². The molecule has 0 aliphatic heterocycles. The van der Waals surface area contributed by atoms with Gasteiger partial charge in [0.15, 0.2) is 0 Å².